The minimum atomic E-state index is 1.13. The predicted octanol–water partition coefficient (Wildman–Crippen LogP) is 4.28. The smallest absolute Gasteiger partial charge is 0.0707 e. The third-order valence-corrected chi connectivity index (χ3v) is 2.98. The van der Waals surface area contributed by atoms with Crippen LogP contribution in [0, 0.1) is 6.92 Å². The molecule has 0 amide bonds. The molecule has 0 N–H and O–H groups in total. The van der Waals surface area contributed by atoms with Crippen LogP contribution in [-0.2, 0) is 6.42 Å². The standard InChI is InChI=1S/C15H19N/c1-3-4-5-8-13-11-12(2)16-15-10-7-6-9-14(13)15/h6-7,9-11H,3-5,8H2,1-2H3. The number of benzene rings is 1. The van der Waals surface area contributed by atoms with E-state index in [1.165, 1.54) is 36.6 Å². The zero-order valence-corrected chi connectivity index (χ0v) is 10.2. The maximum Gasteiger partial charge on any atom is 0.0707 e. The second-order valence-corrected chi connectivity index (χ2v) is 4.40. The fraction of sp³-hybridized carbons (Fsp3) is 0.400. The fourth-order valence-corrected chi connectivity index (χ4v) is 2.17. The first-order valence-corrected chi connectivity index (χ1v) is 6.16. The van der Waals surface area contributed by atoms with Crippen LogP contribution in [0.15, 0.2) is 30.3 Å². The second-order valence-electron chi connectivity index (χ2n) is 4.40. The summed E-state index contributed by atoms with van der Waals surface area (Å²) in [7, 11) is 0. The number of para-hydroxylation sites is 1. The number of unbranched alkanes of at least 4 members (excludes halogenated alkanes) is 2. The van der Waals surface area contributed by atoms with Gasteiger partial charge in [0, 0.05) is 11.1 Å². The van der Waals surface area contributed by atoms with Crippen molar-refractivity contribution >= 4 is 10.9 Å². The van der Waals surface area contributed by atoms with Crippen molar-refractivity contribution in [2.75, 3.05) is 0 Å². The van der Waals surface area contributed by atoms with E-state index in [1.807, 2.05) is 0 Å². The summed E-state index contributed by atoms with van der Waals surface area (Å²) in [5.74, 6) is 0. The van der Waals surface area contributed by atoms with E-state index in [9.17, 15) is 0 Å². The molecule has 0 saturated heterocycles. The molecule has 1 nitrogen and oxygen atoms in total. The molecule has 0 aliphatic rings. The van der Waals surface area contributed by atoms with Crippen molar-refractivity contribution in [3.05, 3.63) is 41.6 Å². The average Bonchev–Trinajstić information content (AvgIpc) is 2.29. The minimum Gasteiger partial charge on any atom is -0.253 e. The molecule has 0 saturated carbocycles. The fourth-order valence-electron chi connectivity index (χ4n) is 2.17. The molecule has 2 aromatic rings. The van der Waals surface area contributed by atoms with E-state index in [0.717, 1.165) is 11.2 Å². The summed E-state index contributed by atoms with van der Waals surface area (Å²) in [5.41, 5.74) is 3.72. The summed E-state index contributed by atoms with van der Waals surface area (Å²) in [5, 5.41) is 1.32. The molecule has 84 valence electrons. The van der Waals surface area contributed by atoms with Gasteiger partial charge in [0.1, 0.15) is 0 Å². The van der Waals surface area contributed by atoms with Gasteiger partial charge in [-0.3, -0.25) is 4.98 Å². The number of rotatable bonds is 4. The highest BCUT2D eigenvalue weighted by atomic mass is 14.7. The molecule has 0 aliphatic heterocycles. The third kappa shape index (κ3) is 2.41. The monoisotopic (exact) mass is 213 g/mol. The van der Waals surface area contributed by atoms with E-state index in [-0.39, 0.29) is 0 Å². The Morgan fingerprint density at radius 1 is 1.12 bits per heavy atom. The molecule has 0 fully saturated rings. The molecule has 1 aromatic heterocycles. The van der Waals surface area contributed by atoms with E-state index >= 15 is 0 Å². The Kier molecular flexibility index (Phi) is 3.55. The molecule has 1 heteroatoms. The highest BCUT2D eigenvalue weighted by Crippen LogP contribution is 2.20. The van der Waals surface area contributed by atoms with Gasteiger partial charge in [-0.2, -0.15) is 0 Å². The molecule has 0 bridgehead atoms. The average molecular weight is 213 g/mol. The van der Waals surface area contributed by atoms with E-state index in [0.29, 0.717) is 0 Å². The molecular weight excluding hydrogens is 194 g/mol. The van der Waals surface area contributed by atoms with Crippen LogP contribution in [0.2, 0.25) is 0 Å². The maximum absolute atomic E-state index is 4.56. The van der Waals surface area contributed by atoms with Crippen molar-refractivity contribution in [1.82, 2.24) is 4.98 Å². The van der Waals surface area contributed by atoms with Crippen molar-refractivity contribution in [3.8, 4) is 0 Å². The van der Waals surface area contributed by atoms with Crippen molar-refractivity contribution in [1.29, 1.82) is 0 Å². The maximum atomic E-state index is 4.56. The molecule has 0 atom stereocenters. The summed E-state index contributed by atoms with van der Waals surface area (Å²) >= 11 is 0. The van der Waals surface area contributed by atoms with E-state index < -0.39 is 0 Å². The lowest BCUT2D eigenvalue weighted by Gasteiger charge is -2.07. The van der Waals surface area contributed by atoms with Gasteiger partial charge in [-0.05, 0) is 37.5 Å². The predicted molar refractivity (Wildman–Crippen MR) is 69.7 cm³/mol. The molecule has 0 aliphatic carbocycles. The van der Waals surface area contributed by atoms with Crippen LogP contribution in [0.3, 0.4) is 0 Å². The quantitative estimate of drug-likeness (QED) is 0.691. The number of fused-ring (bicyclic) bond motifs is 1. The Morgan fingerprint density at radius 3 is 2.75 bits per heavy atom. The van der Waals surface area contributed by atoms with Gasteiger partial charge in [-0.15, -0.1) is 0 Å². The van der Waals surface area contributed by atoms with Gasteiger partial charge in [-0.1, -0.05) is 38.0 Å². The molecule has 2 rings (SSSR count). The van der Waals surface area contributed by atoms with Gasteiger partial charge in [0.15, 0.2) is 0 Å². The molecule has 1 aromatic carbocycles. The summed E-state index contributed by atoms with van der Waals surface area (Å²) < 4.78 is 0. The first-order chi connectivity index (χ1) is 7.81. The van der Waals surface area contributed by atoms with Crippen LogP contribution in [0.4, 0.5) is 0 Å². The Morgan fingerprint density at radius 2 is 1.94 bits per heavy atom. The van der Waals surface area contributed by atoms with Crippen molar-refractivity contribution in [2.45, 2.75) is 39.5 Å². The topological polar surface area (TPSA) is 12.9 Å². The lowest BCUT2D eigenvalue weighted by atomic mass is 10.0. The van der Waals surface area contributed by atoms with E-state index in [4.69, 9.17) is 0 Å². The first kappa shape index (κ1) is 11.1. The van der Waals surface area contributed by atoms with Crippen LogP contribution < -0.4 is 0 Å². The largest absolute Gasteiger partial charge is 0.253 e. The Labute approximate surface area is 97.5 Å². The van der Waals surface area contributed by atoms with Crippen molar-refractivity contribution < 1.29 is 0 Å². The lowest BCUT2D eigenvalue weighted by molar-refractivity contribution is 0.719. The number of aryl methyl sites for hydroxylation is 2. The van der Waals surface area contributed by atoms with E-state index in [1.54, 1.807) is 0 Å². The summed E-state index contributed by atoms with van der Waals surface area (Å²) in [4.78, 5) is 4.56. The normalized spacial score (nSPS) is 10.9. The molecule has 0 radical (unpaired) electrons. The zero-order chi connectivity index (χ0) is 11.4. The van der Waals surface area contributed by atoms with Crippen molar-refractivity contribution in [3.63, 3.8) is 0 Å². The third-order valence-electron chi connectivity index (χ3n) is 2.98. The van der Waals surface area contributed by atoms with Crippen LogP contribution in [0.1, 0.15) is 37.4 Å². The first-order valence-electron chi connectivity index (χ1n) is 6.16. The van der Waals surface area contributed by atoms with Gasteiger partial charge < -0.3 is 0 Å². The number of nitrogens with zero attached hydrogens (tertiary/aromatic N) is 1. The number of pyridine rings is 1. The van der Waals surface area contributed by atoms with Crippen LogP contribution in [0.25, 0.3) is 10.9 Å². The zero-order valence-electron chi connectivity index (χ0n) is 10.2. The summed E-state index contributed by atoms with van der Waals surface area (Å²) in [6.45, 7) is 4.33. The molecule has 0 unspecified atom stereocenters. The van der Waals surface area contributed by atoms with Crippen LogP contribution >= 0.6 is 0 Å². The molecule has 1 heterocycles. The minimum absolute atomic E-state index is 1.13. The second kappa shape index (κ2) is 5.11. The van der Waals surface area contributed by atoms with E-state index in [2.05, 4.69) is 49.2 Å². The van der Waals surface area contributed by atoms with Gasteiger partial charge in [0.2, 0.25) is 0 Å². The highest BCUT2D eigenvalue weighted by Gasteiger charge is 2.02. The molecule has 0 spiro atoms. The SMILES string of the molecule is CCCCCc1cc(C)nc2ccccc12. The van der Waals surface area contributed by atoms with Gasteiger partial charge in [0.05, 0.1) is 5.52 Å². The number of aromatic nitrogens is 1. The Bertz CT molecular complexity index is 474. The van der Waals surface area contributed by atoms with Gasteiger partial charge in [-0.25, -0.2) is 0 Å². The lowest BCUT2D eigenvalue weighted by Crippen LogP contribution is -1.92. The molecular formula is C15H19N. The molecule has 16 heavy (non-hydrogen) atoms. The Hall–Kier alpha value is -1.37. The summed E-state index contributed by atoms with van der Waals surface area (Å²) in [6.07, 6.45) is 5.05. The Balaban J connectivity index is 2.34. The summed E-state index contributed by atoms with van der Waals surface area (Å²) in [6, 6.07) is 10.7. The number of hydrogen-bond donors (Lipinski definition) is 0. The van der Waals surface area contributed by atoms with Crippen molar-refractivity contribution in [2.24, 2.45) is 0 Å². The van der Waals surface area contributed by atoms with Gasteiger partial charge in [0.25, 0.3) is 0 Å². The van der Waals surface area contributed by atoms with Crippen LogP contribution in [-0.4, -0.2) is 4.98 Å². The highest BCUT2D eigenvalue weighted by molar-refractivity contribution is 5.82. The van der Waals surface area contributed by atoms with Gasteiger partial charge >= 0.3 is 0 Å². The van der Waals surface area contributed by atoms with Crippen LogP contribution in [0.5, 0.6) is 0 Å². The number of hydrogen-bond acceptors (Lipinski definition) is 1.